The average Bonchev–Trinajstić information content (AvgIpc) is 2.74. The summed E-state index contributed by atoms with van der Waals surface area (Å²) in [5.41, 5.74) is 3.50. The second kappa shape index (κ2) is 6.98. The van der Waals surface area contributed by atoms with Crippen molar-refractivity contribution in [2.75, 3.05) is 0 Å². The molecule has 29 heavy (non-hydrogen) atoms. The standard InChI is InChI=1S/C25H17BrN2O/c1-16-6-8-17(9-7-16)24-27-23-15-19-5-3-2-4-18(19)14-22(23)25(29)28(24)21-12-10-20(26)11-13-21/h2-15H,1H3. The molecule has 0 aliphatic heterocycles. The molecule has 0 atom stereocenters. The van der Waals surface area contributed by atoms with Crippen molar-refractivity contribution in [1.82, 2.24) is 9.55 Å². The quantitative estimate of drug-likeness (QED) is 0.303. The van der Waals surface area contributed by atoms with Crippen LogP contribution in [-0.2, 0) is 0 Å². The van der Waals surface area contributed by atoms with E-state index in [2.05, 4.69) is 15.9 Å². The molecule has 0 unspecified atom stereocenters. The van der Waals surface area contributed by atoms with Crippen molar-refractivity contribution in [3.8, 4) is 17.1 Å². The highest BCUT2D eigenvalue weighted by Gasteiger charge is 2.15. The molecule has 0 aliphatic rings. The van der Waals surface area contributed by atoms with Gasteiger partial charge in [0.25, 0.3) is 5.56 Å². The van der Waals surface area contributed by atoms with Gasteiger partial charge in [-0.2, -0.15) is 0 Å². The number of fused-ring (bicyclic) bond motifs is 2. The summed E-state index contributed by atoms with van der Waals surface area (Å²) in [7, 11) is 0. The normalized spacial score (nSPS) is 11.2. The van der Waals surface area contributed by atoms with Crippen molar-refractivity contribution >= 4 is 37.6 Å². The van der Waals surface area contributed by atoms with E-state index in [0.717, 1.165) is 32.1 Å². The summed E-state index contributed by atoms with van der Waals surface area (Å²) in [6.45, 7) is 2.05. The molecular formula is C25H17BrN2O. The Bertz CT molecular complexity index is 1420. The van der Waals surface area contributed by atoms with Crippen molar-refractivity contribution < 1.29 is 0 Å². The van der Waals surface area contributed by atoms with Crippen LogP contribution < -0.4 is 5.56 Å². The van der Waals surface area contributed by atoms with Crippen LogP contribution in [0.3, 0.4) is 0 Å². The van der Waals surface area contributed by atoms with Crippen LogP contribution in [0, 0.1) is 6.92 Å². The van der Waals surface area contributed by atoms with Gasteiger partial charge in [0, 0.05) is 10.0 Å². The Hall–Kier alpha value is -3.24. The number of halogens is 1. The number of aryl methyl sites for hydroxylation is 1. The largest absolute Gasteiger partial charge is 0.268 e. The maximum atomic E-state index is 13.6. The fraction of sp³-hybridized carbons (Fsp3) is 0.0400. The Kier molecular flexibility index (Phi) is 4.29. The zero-order chi connectivity index (χ0) is 20.0. The van der Waals surface area contributed by atoms with Crippen molar-refractivity contribution in [2.45, 2.75) is 6.92 Å². The highest BCUT2D eigenvalue weighted by atomic mass is 79.9. The molecule has 0 spiro atoms. The van der Waals surface area contributed by atoms with Crippen molar-refractivity contribution in [1.29, 1.82) is 0 Å². The van der Waals surface area contributed by atoms with Crippen LogP contribution in [0.1, 0.15) is 5.56 Å². The highest BCUT2D eigenvalue weighted by Crippen LogP contribution is 2.26. The first kappa shape index (κ1) is 17.8. The lowest BCUT2D eigenvalue weighted by Crippen LogP contribution is -2.22. The second-order valence-electron chi connectivity index (χ2n) is 7.13. The lowest BCUT2D eigenvalue weighted by Gasteiger charge is -2.15. The summed E-state index contributed by atoms with van der Waals surface area (Å²) in [5, 5.41) is 2.72. The number of hydrogen-bond donors (Lipinski definition) is 0. The van der Waals surface area contributed by atoms with Crippen molar-refractivity contribution in [2.24, 2.45) is 0 Å². The van der Waals surface area contributed by atoms with Crippen LogP contribution in [0.25, 0.3) is 38.8 Å². The molecule has 0 radical (unpaired) electrons. The molecule has 0 bridgehead atoms. The Morgan fingerprint density at radius 1 is 0.828 bits per heavy atom. The molecular weight excluding hydrogens is 424 g/mol. The summed E-state index contributed by atoms with van der Waals surface area (Å²) in [6, 6.07) is 27.8. The van der Waals surface area contributed by atoms with E-state index >= 15 is 0 Å². The minimum absolute atomic E-state index is 0.0707. The predicted molar refractivity (Wildman–Crippen MR) is 123 cm³/mol. The Labute approximate surface area is 176 Å². The first-order valence-corrected chi connectivity index (χ1v) is 10.2. The third-order valence-corrected chi connectivity index (χ3v) is 5.66. The van der Waals surface area contributed by atoms with Crippen LogP contribution in [0.15, 0.2) is 94.2 Å². The van der Waals surface area contributed by atoms with E-state index in [-0.39, 0.29) is 5.56 Å². The summed E-state index contributed by atoms with van der Waals surface area (Å²) in [6.07, 6.45) is 0. The molecule has 4 aromatic carbocycles. The van der Waals surface area contributed by atoms with Gasteiger partial charge in [0.05, 0.1) is 16.6 Å². The van der Waals surface area contributed by atoms with Crippen molar-refractivity contribution in [3.05, 3.63) is 105 Å². The van der Waals surface area contributed by atoms with Crippen LogP contribution in [0.5, 0.6) is 0 Å². The molecule has 1 heterocycles. The number of hydrogen-bond acceptors (Lipinski definition) is 2. The Morgan fingerprint density at radius 2 is 1.48 bits per heavy atom. The third-order valence-electron chi connectivity index (χ3n) is 5.13. The molecule has 3 nitrogen and oxygen atoms in total. The number of aromatic nitrogens is 2. The third kappa shape index (κ3) is 3.15. The summed E-state index contributed by atoms with van der Waals surface area (Å²) >= 11 is 3.47. The minimum atomic E-state index is -0.0707. The van der Waals surface area contributed by atoms with Gasteiger partial charge >= 0.3 is 0 Å². The molecule has 0 fully saturated rings. The fourth-order valence-electron chi connectivity index (χ4n) is 3.60. The van der Waals surface area contributed by atoms with E-state index in [1.807, 2.05) is 91.9 Å². The molecule has 5 aromatic rings. The van der Waals surface area contributed by atoms with E-state index in [0.29, 0.717) is 16.7 Å². The monoisotopic (exact) mass is 440 g/mol. The Morgan fingerprint density at radius 3 is 2.17 bits per heavy atom. The van der Waals surface area contributed by atoms with Gasteiger partial charge in [-0.25, -0.2) is 4.98 Å². The molecule has 0 amide bonds. The van der Waals surface area contributed by atoms with Gasteiger partial charge in [0.2, 0.25) is 0 Å². The molecule has 4 heteroatoms. The first-order chi connectivity index (χ1) is 14.1. The van der Waals surface area contributed by atoms with Crippen LogP contribution in [0.4, 0.5) is 0 Å². The van der Waals surface area contributed by atoms with Crippen LogP contribution in [0.2, 0.25) is 0 Å². The van der Waals surface area contributed by atoms with Crippen molar-refractivity contribution in [3.63, 3.8) is 0 Å². The highest BCUT2D eigenvalue weighted by molar-refractivity contribution is 9.10. The van der Waals surface area contributed by atoms with Gasteiger partial charge in [-0.05, 0) is 54.1 Å². The molecule has 0 saturated heterocycles. The average molecular weight is 441 g/mol. The van der Waals surface area contributed by atoms with E-state index in [9.17, 15) is 4.79 Å². The van der Waals surface area contributed by atoms with E-state index in [4.69, 9.17) is 4.98 Å². The molecule has 1 aromatic heterocycles. The molecule has 5 rings (SSSR count). The second-order valence-corrected chi connectivity index (χ2v) is 8.05. The Balaban J connectivity index is 1.90. The fourth-order valence-corrected chi connectivity index (χ4v) is 3.86. The first-order valence-electron chi connectivity index (χ1n) is 9.39. The topological polar surface area (TPSA) is 34.9 Å². The zero-order valence-electron chi connectivity index (χ0n) is 15.8. The summed E-state index contributed by atoms with van der Waals surface area (Å²) in [4.78, 5) is 18.6. The molecule has 0 saturated carbocycles. The minimum Gasteiger partial charge on any atom is -0.268 e. The molecule has 0 aliphatic carbocycles. The van der Waals surface area contributed by atoms with Gasteiger partial charge in [0.1, 0.15) is 5.82 Å². The van der Waals surface area contributed by atoms with E-state index in [1.54, 1.807) is 4.57 Å². The van der Waals surface area contributed by atoms with Gasteiger partial charge < -0.3 is 0 Å². The smallest absolute Gasteiger partial charge is 0.266 e. The van der Waals surface area contributed by atoms with E-state index < -0.39 is 0 Å². The summed E-state index contributed by atoms with van der Waals surface area (Å²) < 4.78 is 2.67. The maximum Gasteiger partial charge on any atom is 0.266 e. The lowest BCUT2D eigenvalue weighted by molar-refractivity contribution is 0.976. The zero-order valence-corrected chi connectivity index (χ0v) is 17.3. The lowest BCUT2D eigenvalue weighted by atomic mass is 10.1. The maximum absolute atomic E-state index is 13.6. The summed E-state index contributed by atoms with van der Waals surface area (Å²) in [5.74, 6) is 0.639. The van der Waals surface area contributed by atoms with Gasteiger partial charge in [-0.15, -0.1) is 0 Å². The van der Waals surface area contributed by atoms with Gasteiger partial charge in [-0.3, -0.25) is 9.36 Å². The van der Waals surface area contributed by atoms with Crippen LogP contribution in [-0.4, -0.2) is 9.55 Å². The van der Waals surface area contributed by atoms with Crippen LogP contribution >= 0.6 is 15.9 Å². The molecule has 0 N–H and O–H groups in total. The van der Waals surface area contributed by atoms with Gasteiger partial charge in [0.15, 0.2) is 0 Å². The van der Waals surface area contributed by atoms with E-state index in [1.165, 1.54) is 0 Å². The number of benzene rings is 4. The SMILES string of the molecule is Cc1ccc(-c2nc3cc4ccccc4cc3c(=O)n2-c2ccc(Br)cc2)cc1. The molecule has 140 valence electrons. The number of rotatable bonds is 2. The number of nitrogens with zero attached hydrogens (tertiary/aromatic N) is 2. The predicted octanol–water partition coefficient (Wildman–Crippen LogP) is 6.28. The van der Waals surface area contributed by atoms with Gasteiger partial charge in [-0.1, -0.05) is 70.0 Å².